The highest BCUT2D eigenvalue weighted by atomic mass is 32.2. The van der Waals surface area contributed by atoms with Crippen LogP contribution >= 0.6 is 11.8 Å². The molecule has 0 aliphatic heterocycles. The number of aryl methyl sites for hydroxylation is 1. The van der Waals surface area contributed by atoms with Crippen molar-refractivity contribution in [3.63, 3.8) is 0 Å². The molecular weight excluding hydrogens is 226 g/mol. The molecule has 0 saturated carbocycles. The molecule has 0 saturated heterocycles. The first-order valence-electron chi connectivity index (χ1n) is 6.49. The lowest BCUT2D eigenvalue weighted by molar-refractivity contribution is 0.479. The van der Waals surface area contributed by atoms with Crippen molar-refractivity contribution in [3.05, 3.63) is 29.8 Å². The summed E-state index contributed by atoms with van der Waals surface area (Å²) in [5.74, 6) is 1.96. The van der Waals surface area contributed by atoms with Gasteiger partial charge in [-0.15, -0.1) is 11.8 Å². The van der Waals surface area contributed by atoms with Crippen LogP contribution in [0.2, 0.25) is 0 Å². The molecule has 0 heterocycles. The van der Waals surface area contributed by atoms with Gasteiger partial charge in [0, 0.05) is 16.7 Å². The molecule has 0 aromatic heterocycles. The molecule has 0 amide bonds. The zero-order chi connectivity index (χ0) is 12.7. The largest absolute Gasteiger partial charge is 0.316 e. The van der Waals surface area contributed by atoms with Gasteiger partial charge in [0.25, 0.3) is 0 Å². The van der Waals surface area contributed by atoms with E-state index in [-0.39, 0.29) is 0 Å². The fourth-order valence-electron chi connectivity index (χ4n) is 1.75. The molecule has 0 aliphatic carbocycles. The van der Waals surface area contributed by atoms with Gasteiger partial charge in [0.05, 0.1) is 0 Å². The molecule has 1 rings (SSSR count). The SMILES string of the molecule is CNC(CCC(C)C)CSc1ccccc1C. The van der Waals surface area contributed by atoms with Gasteiger partial charge in [-0.1, -0.05) is 32.0 Å². The maximum absolute atomic E-state index is 3.43. The molecule has 2 heteroatoms. The van der Waals surface area contributed by atoms with Crippen molar-refractivity contribution in [1.82, 2.24) is 5.32 Å². The molecule has 0 aliphatic rings. The van der Waals surface area contributed by atoms with Crippen molar-refractivity contribution >= 4 is 11.8 Å². The second-order valence-corrected chi connectivity index (χ2v) is 6.10. The van der Waals surface area contributed by atoms with E-state index in [1.165, 1.54) is 23.3 Å². The van der Waals surface area contributed by atoms with Crippen LogP contribution in [0.15, 0.2) is 29.2 Å². The van der Waals surface area contributed by atoms with Gasteiger partial charge in [-0.2, -0.15) is 0 Å². The third kappa shape index (κ3) is 5.60. The van der Waals surface area contributed by atoms with E-state index < -0.39 is 0 Å². The molecule has 1 unspecified atom stereocenters. The predicted octanol–water partition coefficient (Wildman–Crippen LogP) is 4.11. The number of hydrogen-bond donors (Lipinski definition) is 1. The van der Waals surface area contributed by atoms with Crippen LogP contribution in [0.5, 0.6) is 0 Å². The molecule has 0 spiro atoms. The normalized spacial score (nSPS) is 13.0. The maximum atomic E-state index is 3.43. The van der Waals surface area contributed by atoms with Crippen molar-refractivity contribution in [1.29, 1.82) is 0 Å². The molecule has 17 heavy (non-hydrogen) atoms. The summed E-state index contributed by atoms with van der Waals surface area (Å²) < 4.78 is 0. The van der Waals surface area contributed by atoms with E-state index >= 15 is 0 Å². The summed E-state index contributed by atoms with van der Waals surface area (Å²) >= 11 is 1.97. The van der Waals surface area contributed by atoms with Gasteiger partial charge in [-0.3, -0.25) is 0 Å². The standard InChI is InChI=1S/C15H25NS/c1-12(2)9-10-14(16-4)11-17-15-8-6-5-7-13(15)3/h5-8,12,14,16H,9-11H2,1-4H3. The van der Waals surface area contributed by atoms with E-state index in [4.69, 9.17) is 0 Å². The van der Waals surface area contributed by atoms with Gasteiger partial charge in [0.2, 0.25) is 0 Å². The van der Waals surface area contributed by atoms with Crippen molar-refractivity contribution in [3.8, 4) is 0 Å². The zero-order valence-electron chi connectivity index (χ0n) is 11.5. The monoisotopic (exact) mass is 251 g/mol. The van der Waals surface area contributed by atoms with Crippen molar-refractivity contribution in [2.24, 2.45) is 5.92 Å². The Morgan fingerprint density at radius 3 is 2.47 bits per heavy atom. The van der Waals surface area contributed by atoms with Crippen LogP contribution in [0, 0.1) is 12.8 Å². The topological polar surface area (TPSA) is 12.0 Å². The average molecular weight is 251 g/mol. The Labute approximate surface area is 110 Å². The molecule has 0 radical (unpaired) electrons. The lowest BCUT2D eigenvalue weighted by Gasteiger charge is -2.17. The predicted molar refractivity (Wildman–Crippen MR) is 78.8 cm³/mol. The quantitative estimate of drug-likeness (QED) is 0.732. The van der Waals surface area contributed by atoms with Crippen LogP contribution in [-0.4, -0.2) is 18.8 Å². The Bertz CT molecular complexity index is 322. The molecule has 1 N–H and O–H groups in total. The highest BCUT2D eigenvalue weighted by Crippen LogP contribution is 2.23. The van der Waals surface area contributed by atoms with Crippen molar-refractivity contribution in [2.45, 2.75) is 44.6 Å². The number of rotatable bonds is 7. The van der Waals surface area contributed by atoms with Gasteiger partial charge in [0.1, 0.15) is 0 Å². The van der Waals surface area contributed by atoms with Gasteiger partial charge >= 0.3 is 0 Å². The highest BCUT2D eigenvalue weighted by Gasteiger charge is 2.08. The van der Waals surface area contributed by atoms with Crippen LogP contribution in [0.1, 0.15) is 32.3 Å². The van der Waals surface area contributed by atoms with Gasteiger partial charge in [-0.25, -0.2) is 0 Å². The molecule has 1 atom stereocenters. The number of hydrogen-bond acceptors (Lipinski definition) is 2. The molecule has 0 fully saturated rings. The summed E-state index contributed by atoms with van der Waals surface area (Å²) in [5.41, 5.74) is 1.39. The summed E-state index contributed by atoms with van der Waals surface area (Å²) in [6.07, 6.45) is 2.58. The summed E-state index contributed by atoms with van der Waals surface area (Å²) in [7, 11) is 2.07. The lowest BCUT2D eigenvalue weighted by atomic mass is 10.0. The second-order valence-electron chi connectivity index (χ2n) is 5.03. The number of thioether (sulfide) groups is 1. The fourth-order valence-corrected chi connectivity index (χ4v) is 2.94. The summed E-state index contributed by atoms with van der Waals surface area (Å²) in [5, 5.41) is 3.43. The number of nitrogens with one attached hydrogen (secondary N) is 1. The van der Waals surface area contributed by atoms with Crippen LogP contribution < -0.4 is 5.32 Å². The van der Waals surface area contributed by atoms with Crippen LogP contribution in [0.3, 0.4) is 0 Å². The van der Waals surface area contributed by atoms with Gasteiger partial charge < -0.3 is 5.32 Å². The number of benzene rings is 1. The van der Waals surface area contributed by atoms with Crippen LogP contribution in [-0.2, 0) is 0 Å². The highest BCUT2D eigenvalue weighted by molar-refractivity contribution is 7.99. The van der Waals surface area contributed by atoms with Gasteiger partial charge in [-0.05, 0) is 44.4 Å². The van der Waals surface area contributed by atoms with E-state index in [0.717, 1.165) is 11.7 Å². The van der Waals surface area contributed by atoms with E-state index in [0.29, 0.717) is 6.04 Å². The zero-order valence-corrected chi connectivity index (χ0v) is 12.3. The van der Waals surface area contributed by atoms with Crippen molar-refractivity contribution < 1.29 is 0 Å². The molecular formula is C15H25NS. The molecule has 1 aromatic carbocycles. The Morgan fingerprint density at radius 1 is 1.18 bits per heavy atom. The third-order valence-electron chi connectivity index (χ3n) is 3.03. The minimum absolute atomic E-state index is 0.627. The van der Waals surface area contributed by atoms with Crippen LogP contribution in [0.4, 0.5) is 0 Å². The van der Waals surface area contributed by atoms with Gasteiger partial charge in [0.15, 0.2) is 0 Å². The smallest absolute Gasteiger partial charge is 0.0158 e. The molecule has 96 valence electrons. The first-order valence-corrected chi connectivity index (χ1v) is 7.47. The summed E-state index contributed by atoms with van der Waals surface area (Å²) in [6, 6.07) is 9.26. The average Bonchev–Trinajstić information content (AvgIpc) is 2.31. The van der Waals surface area contributed by atoms with Crippen LogP contribution in [0.25, 0.3) is 0 Å². The Kier molecular flexibility index (Phi) is 6.68. The minimum Gasteiger partial charge on any atom is -0.316 e. The molecule has 0 bridgehead atoms. The van der Waals surface area contributed by atoms with E-state index in [1.54, 1.807) is 0 Å². The Hall–Kier alpha value is -0.470. The Morgan fingerprint density at radius 2 is 1.88 bits per heavy atom. The van der Waals surface area contributed by atoms with E-state index in [1.807, 2.05) is 11.8 Å². The fraction of sp³-hybridized carbons (Fsp3) is 0.600. The van der Waals surface area contributed by atoms with Crippen molar-refractivity contribution in [2.75, 3.05) is 12.8 Å². The minimum atomic E-state index is 0.627. The first kappa shape index (κ1) is 14.6. The van der Waals surface area contributed by atoms with E-state index in [2.05, 4.69) is 57.4 Å². The summed E-state index contributed by atoms with van der Waals surface area (Å²) in [4.78, 5) is 1.41. The molecule has 1 aromatic rings. The lowest BCUT2D eigenvalue weighted by Crippen LogP contribution is -2.28. The maximum Gasteiger partial charge on any atom is 0.0158 e. The van der Waals surface area contributed by atoms with E-state index in [9.17, 15) is 0 Å². The molecule has 1 nitrogen and oxygen atoms in total. The second kappa shape index (κ2) is 7.78. The first-order chi connectivity index (χ1) is 8.13. The Balaban J connectivity index is 2.40. The summed E-state index contributed by atoms with van der Waals surface area (Å²) in [6.45, 7) is 6.77. The third-order valence-corrected chi connectivity index (χ3v) is 4.37.